The Balaban J connectivity index is 2.01. The van der Waals surface area contributed by atoms with Gasteiger partial charge in [-0.1, -0.05) is 46.3 Å². The average molecular weight is 476 g/mol. The lowest BCUT2D eigenvalue weighted by molar-refractivity contribution is -0.140. The minimum Gasteiger partial charge on any atom is -0.469 e. The van der Waals surface area contributed by atoms with E-state index in [1.807, 2.05) is 42.5 Å². The normalized spacial score (nSPS) is 11.9. The van der Waals surface area contributed by atoms with Gasteiger partial charge in [0.05, 0.1) is 7.11 Å². The first kappa shape index (κ1) is 23.9. The van der Waals surface area contributed by atoms with Crippen molar-refractivity contribution in [2.45, 2.75) is 32.2 Å². The Morgan fingerprint density at radius 1 is 1.00 bits per heavy atom. The predicted octanol–water partition coefficient (Wildman–Crippen LogP) is 4.74. The molecule has 0 radical (unpaired) electrons. The number of methoxy groups -OCH3 is 1. The minimum atomic E-state index is -0.467. The fourth-order valence-electron chi connectivity index (χ4n) is 3.39. The van der Waals surface area contributed by atoms with Crippen molar-refractivity contribution in [3.05, 3.63) is 64.6 Å². The van der Waals surface area contributed by atoms with Crippen LogP contribution in [0.1, 0.15) is 37.8 Å². The molecule has 0 saturated carbocycles. The van der Waals surface area contributed by atoms with Gasteiger partial charge in [-0.05, 0) is 56.1 Å². The van der Waals surface area contributed by atoms with Gasteiger partial charge < -0.3 is 10.5 Å². The highest BCUT2D eigenvalue weighted by Gasteiger charge is 2.18. The molecule has 0 bridgehead atoms. The topological polar surface area (TPSA) is 75.9 Å². The molecule has 0 heterocycles. The summed E-state index contributed by atoms with van der Waals surface area (Å²) >= 11 is 3.41. The van der Waals surface area contributed by atoms with E-state index in [-0.39, 0.29) is 12.0 Å². The van der Waals surface area contributed by atoms with Crippen molar-refractivity contribution in [1.82, 2.24) is 4.90 Å². The summed E-state index contributed by atoms with van der Waals surface area (Å²) in [7, 11) is 1.41. The summed E-state index contributed by atoms with van der Waals surface area (Å²) in [5.41, 5.74) is 7.61. The van der Waals surface area contributed by atoms with E-state index in [4.69, 9.17) is 10.5 Å². The number of hydrogen-bond acceptors (Lipinski definition) is 4. The van der Waals surface area contributed by atoms with E-state index in [1.54, 1.807) is 4.90 Å². The predicted molar refractivity (Wildman–Crippen MR) is 123 cm³/mol. The van der Waals surface area contributed by atoms with Crippen LogP contribution in [-0.4, -0.2) is 43.6 Å². The maximum Gasteiger partial charge on any atom is 0.319 e. The standard InChI is InChI=1S/C23H30BrN3O3/c1-18(19-8-4-3-5-9-19)26(15-6-10-22(28)30-2)16-7-17-27(23(25)29)21-13-11-20(24)12-14-21/h3-5,8-9,11-14,18H,6-7,10,15-17H2,1-2H3,(H2,25,29)/t18-/m1/s1. The van der Waals surface area contributed by atoms with Gasteiger partial charge in [0.1, 0.15) is 0 Å². The second-order valence-electron chi connectivity index (χ2n) is 7.12. The van der Waals surface area contributed by atoms with Crippen molar-refractivity contribution in [1.29, 1.82) is 0 Å². The van der Waals surface area contributed by atoms with E-state index in [2.05, 4.69) is 39.9 Å². The van der Waals surface area contributed by atoms with Crippen molar-refractivity contribution in [3.8, 4) is 0 Å². The summed E-state index contributed by atoms with van der Waals surface area (Å²) in [5, 5.41) is 0. The third-order valence-corrected chi connectivity index (χ3v) is 5.64. The van der Waals surface area contributed by atoms with Crippen LogP contribution in [-0.2, 0) is 9.53 Å². The first-order valence-corrected chi connectivity index (χ1v) is 10.9. The number of primary amides is 1. The fraction of sp³-hybridized carbons (Fsp3) is 0.391. The van der Waals surface area contributed by atoms with Gasteiger partial charge in [-0.3, -0.25) is 14.6 Å². The van der Waals surface area contributed by atoms with Crippen LogP contribution in [0, 0.1) is 0 Å². The Hall–Kier alpha value is -2.38. The Kier molecular flexibility index (Phi) is 9.83. The van der Waals surface area contributed by atoms with Crippen molar-refractivity contribution >= 4 is 33.6 Å². The van der Waals surface area contributed by atoms with Gasteiger partial charge in [-0.15, -0.1) is 0 Å². The third-order valence-electron chi connectivity index (χ3n) is 5.11. The van der Waals surface area contributed by atoms with Crippen molar-refractivity contribution in [2.75, 3.05) is 31.6 Å². The molecule has 162 valence electrons. The second kappa shape index (κ2) is 12.3. The van der Waals surface area contributed by atoms with Crippen molar-refractivity contribution in [2.24, 2.45) is 5.73 Å². The Morgan fingerprint density at radius 2 is 1.63 bits per heavy atom. The quantitative estimate of drug-likeness (QED) is 0.476. The lowest BCUT2D eigenvalue weighted by atomic mass is 10.1. The summed E-state index contributed by atoms with van der Waals surface area (Å²) in [4.78, 5) is 27.4. The monoisotopic (exact) mass is 475 g/mol. The number of urea groups is 1. The van der Waals surface area contributed by atoms with Gasteiger partial charge in [-0.25, -0.2) is 4.79 Å². The van der Waals surface area contributed by atoms with Gasteiger partial charge in [0.15, 0.2) is 0 Å². The molecule has 0 fully saturated rings. The maximum absolute atomic E-state index is 12.0. The van der Waals surface area contributed by atoms with Crippen LogP contribution >= 0.6 is 15.9 Å². The molecule has 0 aliphatic heterocycles. The molecule has 7 heteroatoms. The van der Waals surface area contributed by atoms with E-state index >= 15 is 0 Å². The summed E-state index contributed by atoms with van der Waals surface area (Å²) < 4.78 is 5.70. The molecule has 2 amide bonds. The SMILES string of the molecule is COC(=O)CCCN(CCCN(C(N)=O)c1ccc(Br)cc1)[C@H](C)c1ccccc1. The summed E-state index contributed by atoms with van der Waals surface area (Å²) in [6.45, 7) is 4.22. The highest BCUT2D eigenvalue weighted by atomic mass is 79.9. The molecule has 2 aromatic rings. The van der Waals surface area contributed by atoms with Gasteiger partial charge in [0.25, 0.3) is 0 Å². The van der Waals surface area contributed by atoms with Crippen LogP contribution in [0.5, 0.6) is 0 Å². The molecule has 1 atom stereocenters. The molecule has 2 N–H and O–H groups in total. The number of esters is 1. The lowest BCUT2D eigenvalue weighted by Gasteiger charge is -2.30. The first-order chi connectivity index (χ1) is 14.4. The highest BCUT2D eigenvalue weighted by Crippen LogP contribution is 2.22. The largest absolute Gasteiger partial charge is 0.469 e. The zero-order chi connectivity index (χ0) is 21.9. The first-order valence-electron chi connectivity index (χ1n) is 10.1. The number of nitrogens with two attached hydrogens (primary N) is 1. The number of carbonyl (C=O) groups is 2. The molecular formula is C23H30BrN3O3. The summed E-state index contributed by atoms with van der Waals surface area (Å²) in [6.07, 6.45) is 1.87. The number of carbonyl (C=O) groups excluding carboxylic acids is 2. The number of ether oxygens (including phenoxy) is 1. The average Bonchev–Trinajstić information content (AvgIpc) is 2.76. The minimum absolute atomic E-state index is 0.193. The van der Waals surface area contributed by atoms with Crippen LogP contribution < -0.4 is 10.6 Å². The molecule has 2 aromatic carbocycles. The summed E-state index contributed by atoms with van der Waals surface area (Å²) in [5.74, 6) is -0.197. The van der Waals surface area contributed by atoms with E-state index in [0.29, 0.717) is 13.0 Å². The summed E-state index contributed by atoms with van der Waals surface area (Å²) in [6, 6.07) is 17.5. The Bertz CT molecular complexity index is 799. The zero-order valence-corrected chi connectivity index (χ0v) is 19.2. The number of nitrogens with zero attached hydrogens (tertiary/aromatic N) is 2. The molecule has 0 unspecified atom stereocenters. The maximum atomic E-state index is 12.0. The van der Waals surface area contributed by atoms with Crippen LogP contribution in [0.4, 0.5) is 10.5 Å². The molecule has 6 nitrogen and oxygen atoms in total. The molecule has 0 saturated heterocycles. The van der Waals surface area contributed by atoms with Crippen molar-refractivity contribution < 1.29 is 14.3 Å². The van der Waals surface area contributed by atoms with Gasteiger partial charge >= 0.3 is 12.0 Å². The van der Waals surface area contributed by atoms with E-state index in [9.17, 15) is 9.59 Å². The number of anilines is 1. The lowest BCUT2D eigenvalue weighted by Crippen LogP contribution is -2.38. The number of benzene rings is 2. The van der Waals surface area contributed by atoms with Gasteiger partial charge in [0.2, 0.25) is 0 Å². The van der Waals surface area contributed by atoms with Crippen LogP contribution in [0.3, 0.4) is 0 Å². The number of rotatable bonds is 11. The van der Waals surface area contributed by atoms with E-state index in [1.165, 1.54) is 12.7 Å². The van der Waals surface area contributed by atoms with Crippen LogP contribution in [0.15, 0.2) is 59.1 Å². The van der Waals surface area contributed by atoms with Crippen LogP contribution in [0.25, 0.3) is 0 Å². The van der Waals surface area contributed by atoms with Gasteiger partial charge in [-0.2, -0.15) is 0 Å². The fourth-order valence-corrected chi connectivity index (χ4v) is 3.65. The second-order valence-corrected chi connectivity index (χ2v) is 8.04. The molecule has 0 spiro atoms. The number of halogens is 1. The highest BCUT2D eigenvalue weighted by molar-refractivity contribution is 9.10. The Morgan fingerprint density at radius 3 is 2.23 bits per heavy atom. The third kappa shape index (κ3) is 7.46. The molecule has 0 aliphatic rings. The van der Waals surface area contributed by atoms with E-state index in [0.717, 1.165) is 36.1 Å². The van der Waals surface area contributed by atoms with Gasteiger partial charge in [0, 0.05) is 35.7 Å². The van der Waals surface area contributed by atoms with Crippen LogP contribution in [0.2, 0.25) is 0 Å². The molecule has 30 heavy (non-hydrogen) atoms. The smallest absolute Gasteiger partial charge is 0.319 e. The van der Waals surface area contributed by atoms with E-state index < -0.39 is 6.03 Å². The number of amides is 2. The zero-order valence-electron chi connectivity index (χ0n) is 17.6. The number of hydrogen-bond donors (Lipinski definition) is 1. The molecule has 0 aromatic heterocycles. The molecule has 2 rings (SSSR count). The molecule has 0 aliphatic carbocycles. The van der Waals surface area contributed by atoms with Crippen molar-refractivity contribution in [3.63, 3.8) is 0 Å². The Labute approximate surface area is 187 Å². The molecular weight excluding hydrogens is 446 g/mol.